The molecule has 1 N–H and O–H groups in total. The molecule has 0 spiro atoms. The summed E-state index contributed by atoms with van der Waals surface area (Å²) in [6.07, 6.45) is 3.53. The normalized spacial score (nSPS) is 17.3. The number of ether oxygens (including phenoxy) is 1. The van der Waals surface area contributed by atoms with Crippen molar-refractivity contribution in [1.82, 2.24) is 19.9 Å². The number of carbonyl (C=O) groups is 1. The number of aromatic nitrogens is 3. The van der Waals surface area contributed by atoms with Gasteiger partial charge in [-0.05, 0) is 44.0 Å². The van der Waals surface area contributed by atoms with Crippen LogP contribution in [0.15, 0.2) is 12.1 Å². The lowest BCUT2D eigenvalue weighted by Gasteiger charge is -2.35. The monoisotopic (exact) mass is 350 g/mol. The van der Waals surface area contributed by atoms with Crippen LogP contribution in [0.2, 0.25) is 5.15 Å². The van der Waals surface area contributed by atoms with Gasteiger partial charge in [-0.1, -0.05) is 31.9 Å². The predicted octanol–water partition coefficient (Wildman–Crippen LogP) is 3.17. The number of hydrogen-bond donors (Lipinski definition) is 1. The Labute approximate surface area is 146 Å². The summed E-state index contributed by atoms with van der Waals surface area (Å²) in [6, 6.07) is 3.32. The number of fused-ring (bicyclic) bond motifs is 1. The largest absolute Gasteiger partial charge is 0.456 e. The van der Waals surface area contributed by atoms with Gasteiger partial charge in [0.15, 0.2) is 5.65 Å². The van der Waals surface area contributed by atoms with Crippen LogP contribution in [0.3, 0.4) is 0 Å². The lowest BCUT2D eigenvalue weighted by atomic mass is 9.99. The van der Waals surface area contributed by atoms with Crippen LogP contribution in [0.4, 0.5) is 0 Å². The first kappa shape index (κ1) is 17.2. The van der Waals surface area contributed by atoms with Crippen LogP contribution in [-0.4, -0.2) is 45.0 Å². The molecule has 1 atom stereocenters. The van der Waals surface area contributed by atoms with Crippen molar-refractivity contribution in [3.8, 4) is 0 Å². The highest BCUT2D eigenvalue weighted by Crippen LogP contribution is 2.19. The highest BCUT2D eigenvalue weighted by atomic mass is 35.5. The third kappa shape index (κ3) is 3.87. The van der Waals surface area contributed by atoms with Gasteiger partial charge in [0.05, 0.1) is 5.52 Å². The molecule has 2 aromatic rings. The molecule has 0 unspecified atom stereocenters. The number of piperidine rings is 1. The third-order valence-corrected chi connectivity index (χ3v) is 4.58. The first-order valence-corrected chi connectivity index (χ1v) is 8.84. The molecular formula is C17H23ClN4O2. The van der Waals surface area contributed by atoms with E-state index in [1.807, 2.05) is 6.07 Å². The summed E-state index contributed by atoms with van der Waals surface area (Å²) in [5.74, 6) is 0.611. The Balaban J connectivity index is 1.65. The minimum Gasteiger partial charge on any atom is -0.456 e. The second-order valence-electron chi connectivity index (χ2n) is 6.58. The Morgan fingerprint density at radius 3 is 2.75 bits per heavy atom. The van der Waals surface area contributed by atoms with Gasteiger partial charge in [0.25, 0.3) is 0 Å². The van der Waals surface area contributed by atoms with Crippen molar-refractivity contribution in [2.75, 3.05) is 13.1 Å². The average Bonchev–Trinajstić information content (AvgIpc) is 2.95. The fraction of sp³-hybridized carbons (Fsp3) is 0.588. The summed E-state index contributed by atoms with van der Waals surface area (Å²) in [7, 11) is 0. The lowest BCUT2D eigenvalue weighted by molar-refractivity contribution is -0.154. The molecule has 0 amide bonds. The molecule has 1 aliphatic rings. The smallest absolute Gasteiger partial charge is 0.324 e. The number of nitrogens with one attached hydrogen (secondary N) is 1. The Kier molecular flexibility index (Phi) is 5.36. The van der Waals surface area contributed by atoms with E-state index in [4.69, 9.17) is 16.3 Å². The van der Waals surface area contributed by atoms with Crippen molar-refractivity contribution in [2.24, 2.45) is 5.92 Å². The van der Waals surface area contributed by atoms with Gasteiger partial charge in [-0.15, -0.1) is 0 Å². The summed E-state index contributed by atoms with van der Waals surface area (Å²) in [6.45, 7) is 6.17. The summed E-state index contributed by atoms with van der Waals surface area (Å²) in [5, 5.41) is 0.391. The van der Waals surface area contributed by atoms with E-state index in [9.17, 15) is 4.79 Å². The molecule has 3 rings (SSSR count). The molecule has 7 heteroatoms. The number of nitrogens with zero attached hydrogens (tertiary/aromatic N) is 3. The van der Waals surface area contributed by atoms with Gasteiger partial charge in [-0.3, -0.25) is 9.69 Å². The zero-order valence-corrected chi connectivity index (χ0v) is 14.8. The van der Waals surface area contributed by atoms with Gasteiger partial charge < -0.3 is 9.72 Å². The Morgan fingerprint density at radius 2 is 2.04 bits per heavy atom. The van der Waals surface area contributed by atoms with Gasteiger partial charge in [-0.25, -0.2) is 9.97 Å². The minimum absolute atomic E-state index is 0.115. The van der Waals surface area contributed by atoms with Crippen molar-refractivity contribution in [2.45, 2.75) is 45.8 Å². The van der Waals surface area contributed by atoms with Crippen molar-refractivity contribution in [3.63, 3.8) is 0 Å². The molecule has 1 aliphatic heterocycles. The molecule has 0 radical (unpaired) electrons. The predicted molar refractivity (Wildman–Crippen MR) is 92.7 cm³/mol. The number of esters is 1. The number of rotatable bonds is 5. The second-order valence-corrected chi connectivity index (χ2v) is 6.97. The molecule has 130 valence electrons. The van der Waals surface area contributed by atoms with Crippen LogP contribution in [-0.2, 0) is 16.1 Å². The van der Waals surface area contributed by atoms with E-state index < -0.39 is 0 Å². The van der Waals surface area contributed by atoms with Gasteiger partial charge in [0.2, 0.25) is 0 Å². The molecule has 2 aromatic heterocycles. The molecule has 24 heavy (non-hydrogen) atoms. The molecule has 0 aliphatic carbocycles. The van der Waals surface area contributed by atoms with Crippen molar-refractivity contribution < 1.29 is 9.53 Å². The Morgan fingerprint density at radius 1 is 1.29 bits per heavy atom. The summed E-state index contributed by atoms with van der Waals surface area (Å²) >= 11 is 5.86. The number of H-pyrrole nitrogens is 1. The molecular weight excluding hydrogens is 328 g/mol. The van der Waals surface area contributed by atoms with E-state index in [2.05, 4.69) is 33.7 Å². The molecule has 1 fully saturated rings. The Bertz CT molecular complexity index is 710. The van der Waals surface area contributed by atoms with E-state index in [-0.39, 0.29) is 24.5 Å². The number of carbonyl (C=O) groups excluding carboxylic acids is 1. The maximum Gasteiger partial charge on any atom is 0.324 e. The first-order valence-electron chi connectivity index (χ1n) is 8.46. The summed E-state index contributed by atoms with van der Waals surface area (Å²) in [5.41, 5.74) is 1.31. The highest BCUT2D eigenvalue weighted by molar-refractivity contribution is 6.29. The third-order valence-electron chi connectivity index (χ3n) is 4.37. The lowest BCUT2D eigenvalue weighted by Crippen LogP contribution is -2.47. The van der Waals surface area contributed by atoms with Crippen LogP contribution in [0.5, 0.6) is 0 Å². The van der Waals surface area contributed by atoms with Gasteiger partial charge in [0, 0.05) is 0 Å². The SMILES string of the molecule is CC(C)[C@H](C(=O)OCc1nc2nc(Cl)ccc2[nH]1)N1CCCCC1. The number of aromatic amines is 1. The highest BCUT2D eigenvalue weighted by Gasteiger charge is 2.31. The maximum atomic E-state index is 12.6. The number of pyridine rings is 1. The van der Waals surface area contributed by atoms with Crippen LogP contribution in [0.25, 0.3) is 11.2 Å². The van der Waals surface area contributed by atoms with Crippen LogP contribution in [0.1, 0.15) is 38.9 Å². The van der Waals surface area contributed by atoms with E-state index in [1.165, 1.54) is 6.42 Å². The van der Waals surface area contributed by atoms with Crippen molar-refractivity contribution in [1.29, 1.82) is 0 Å². The fourth-order valence-electron chi connectivity index (χ4n) is 3.25. The molecule has 6 nitrogen and oxygen atoms in total. The van der Waals surface area contributed by atoms with E-state index in [0.717, 1.165) is 31.4 Å². The Hall–Kier alpha value is -1.66. The number of imidazole rings is 1. The molecule has 1 saturated heterocycles. The van der Waals surface area contributed by atoms with Crippen molar-refractivity contribution in [3.05, 3.63) is 23.1 Å². The maximum absolute atomic E-state index is 12.6. The van der Waals surface area contributed by atoms with Crippen LogP contribution in [0, 0.1) is 5.92 Å². The van der Waals surface area contributed by atoms with Crippen LogP contribution < -0.4 is 0 Å². The average molecular weight is 351 g/mol. The zero-order valence-electron chi connectivity index (χ0n) is 14.1. The first-order chi connectivity index (χ1) is 11.5. The number of hydrogen-bond acceptors (Lipinski definition) is 5. The molecule has 0 bridgehead atoms. The topological polar surface area (TPSA) is 71.1 Å². The summed E-state index contributed by atoms with van der Waals surface area (Å²) < 4.78 is 5.53. The number of halogens is 1. The number of likely N-dealkylation sites (tertiary alicyclic amines) is 1. The molecule has 3 heterocycles. The summed E-state index contributed by atoms with van der Waals surface area (Å²) in [4.78, 5) is 26.4. The fourth-order valence-corrected chi connectivity index (χ4v) is 3.40. The molecule has 0 saturated carbocycles. The van der Waals surface area contributed by atoms with Gasteiger partial charge >= 0.3 is 5.97 Å². The van der Waals surface area contributed by atoms with Gasteiger partial charge in [0.1, 0.15) is 23.6 Å². The van der Waals surface area contributed by atoms with Crippen LogP contribution >= 0.6 is 11.6 Å². The second kappa shape index (κ2) is 7.49. The molecule has 0 aromatic carbocycles. The minimum atomic E-state index is -0.192. The quantitative estimate of drug-likeness (QED) is 0.662. The van der Waals surface area contributed by atoms with Gasteiger partial charge in [-0.2, -0.15) is 0 Å². The standard InChI is InChI=1S/C17H23ClN4O2/c1-11(2)15(22-8-4-3-5-9-22)17(23)24-10-14-19-12-6-7-13(18)20-16(12)21-14/h6-7,11,15H,3-5,8-10H2,1-2H3,(H,19,20,21)/t15-/m1/s1. The van der Waals surface area contributed by atoms with E-state index in [1.54, 1.807) is 6.07 Å². The van der Waals surface area contributed by atoms with E-state index >= 15 is 0 Å². The van der Waals surface area contributed by atoms with E-state index in [0.29, 0.717) is 16.6 Å². The zero-order chi connectivity index (χ0) is 17.1. The van der Waals surface area contributed by atoms with Crippen molar-refractivity contribution >= 4 is 28.7 Å².